The molecular formula is C18H15FN2O2. The number of carbonyl (C=O) groups is 1. The van der Waals surface area contributed by atoms with Crippen molar-refractivity contribution in [2.24, 2.45) is 7.05 Å². The second-order valence-corrected chi connectivity index (χ2v) is 5.32. The molecule has 0 unspecified atom stereocenters. The number of fused-ring (bicyclic) bond motifs is 1. The normalized spacial score (nSPS) is 10.7. The number of para-hydroxylation sites is 1. The quantitative estimate of drug-likeness (QED) is 0.730. The number of hydrogen-bond donors (Lipinski definition) is 0. The van der Waals surface area contributed by atoms with Crippen LogP contribution in [0.4, 0.5) is 10.1 Å². The summed E-state index contributed by atoms with van der Waals surface area (Å²) < 4.78 is 15.3. The van der Waals surface area contributed by atoms with E-state index in [9.17, 15) is 14.0 Å². The molecule has 116 valence electrons. The fraction of sp³-hybridized carbons (Fsp3) is 0.111. The summed E-state index contributed by atoms with van der Waals surface area (Å²) in [7, 11) is 3.11. The lowest BCUT2D eigenvalue weighted by molar-refractivity contribution is 0.0993. The molecule has 4 nitrogen and oxygen atoms in total. The molecule has 1 amide bonds. The van der Waals surface area contributed by atoms with Crippen LogP contribution < -0.4 is 10.5 Å². The minimum atomic E-state index is -0.475. The molecule has 0 spiro atoms. The number of amides is 1. The Kier molecular flexibility index (Phi) is 3.70. The molecule has 0 atom stereocenters. The molecular weight excluding hydrogens is 295 g/mol. The number of aryl methyl sites for hydroxylation is 1. The molecule has 2 aromatic carbocycles. The lowest BCUT2D eigenvalue weighted by atomic mass is 10.1. The van der Waals surface area contributed by atoms with Crippen molar-refractivity contribution in [3.8, 4) is 0 Å². The van der Waals surface area contributed by atoms with Crippen molar-refractivity contribution >= 4 is 22.4 Å². The number of aromatic nitrogens is 1. The summed E-state index contributed by atoms with van der Waals surface area (Å²) in [4.78, 5) is 26.2. The van der Waals surface area contributed by atoms with Gasteiger partial charge in [0.1, 0.15) is 5.82 Å². The van der Waals surface area contributed by atoms with E-state index in [2.05, 4.69) is 0 Å². The molecule has 0 saturated heterocycles. The van der Waals surface area contributed by atoms with Crippen LogP contribution >= 0.6 is 0 Å². The SMILES string of the molecule is CN(C(=O)c1cn(C)c(=O)c2ccccc12)c1ccccc1F. The molecule has 0 N–H and O–H groups in total. The van der Waals surface area contributed by atoms with Gasteiger partial charge >= 0.3 is 0 Å². The van der Waals surface area contributed by atoms with E-state index in [1.807, 2.05) is 0 Å². The highest BCUT2D eigenvalue weighted by atomic mass is 19.1. The molecule has 5 heteroatoms. The Balaban J connectivity index is 2.17. The summed E-state index contributed by atoms with van der Waals surface area (Å²) in [6.45, 7) is 0. The van der Waals surface area contributed by atoms with Crippen LogP contribution in [0.1, 0.15) is 10.4 Å². The first kappa shape index (κ1) is 15.0. The number of hydrogen-bond acceptors (Lipinski definition) is 2. The van der Waals surface area contributed by atoms with Gasteiger partial charge in [-0.05, 0) is 18.2 Å². The fourth-order valence-electron chi connectivity index (χ4n) is 2.60. The lowest BCUT2D eigenvalue weighted by Crippen LogP contribution is -2.29. The molecule has 3 aromatic rings. The minimum Gasteiger partial charge on any atom is -0.317 e. The van der Waals surface area contributed by atoms with Crippen molar-refractivity contribution in [1.82, 2.24) is 4.57 Å². The molecule has 0 saturated carbocycles. The number of halogens is 1. The van der Waals surface area contributed by atoms with Gasteiger partial charge in [0.2, 0.25) is 0 Å². The van der Waals surface area contributed by atoms with Crippen LogP contribution in [0.2, 0.25) is 0 Å². The van der Waals surface area contributed by atoms with Crippen LogP contribution in [0, 0.1) is 5.82 Å². The number of anilines is 1. The maximum Gasteiger partial charge on any atom is 0.260 e. The van der Waals surface area contributed by atoms with Gasteiger partial charge in [-0.15, -0.1) is 0 Å². The van der Waals surface area contributed by atoms with Crippen molar-refractivity contribution < 1.29 is 9.18 Å². The average Bonchev–Trinajstić information content (AvgIpc) is 2.57. The molecule has 3 rings (SSSR count). The van der Waals surface area contributed by atoms with Gasteiger partial charge in [-0.25, -0.2) is 4.39 Å². The average molecular weight is 310 g/mol. The summed E-state index contributed by atoms with van der Waals surface area (Å²) in [5, 5.41) is 1.02. The zero-order chi connectivity index (χ0) is 16.6. The van der Waals surface area contributed by atoms with Gasteiger partial charge in [0.05, 0.1) is 11.3 Å². The van der Waals surface area contributed by atoms with Crippen LogP contribution in [0.5, 0.6) is 0 Å². The topological polar surface area (TPSA) is 42.3 Å². The number of rotatable bonds is 2. The van der Waals surface area contributed by atoms with E-state index in [4.69, 9.17) is 0 Å². The summed E-state index contributed by atoms with van der Waals surface area (Å²) in [5.41, 5.74) is 0.370. The third kappa shape index (κ3) is 2.50. The van der Waals surface area contributed by atoms with E-state index in [0.717, 1.165) is 0 Å². The van der Waals surface area contributed by atoms with Crippen LogP contribution in [0.15, 0.2) is 59.5 Å². The van der Waals surface area contributed by atoms with Crippen molar-refractivity contribution in [2.75, 3.05) is 11.9 Å². The molecule has 23 heavy (non-hydrogen) atoms. The third-order valence-corrected chi connectivity index (χ3v) is 3.84. The van der Waals surface area contributed by atoms with Gasteiger partial charge in [-0.1, -0.05) is 30.3 Å². The summed E-state index contributed by atoms with van der Waals surface area (Å²) in [6.07, 6.45) is 1.49. The van der Waals surface area contributed by atoms with Crippen molar-refractivity contribution in [3.05, 3.63) is 76.5 Å². The van der Waals surface area contributed by atoms with Crippen LogP contribution in [-0.2, 0) is 7.05 Å². The standard InChI is InChI=1S/C18H15FN2O2/c1-20-11-14(12-7-3-4-8-13(12)17(20)22)18(23)21(2)16-10-6-5-9-15(16)19/h3-11H,1-2H3. The largest absolute Gasteiger partial charge is 0.317 e. The molecule has 0 aliphatic rings. The predicted octanol–water partition coefficient (Wildman–Crippen LogP) is 2.95. The van der Waals surface area contributed by atoms with Crippen LogP contribution in [-0.4, -0.2) is 17.5 Å². The van der Waals surface area contributed by atoms with Crippen molar-refractivity contribution in [1.29, 1.82) is 0 Å². The molecule has 0 bridgehead atoms. The second-order valence-electron chi connectivity index (χ2n) is 5.32. The van der Waals surface area contributed by atoms with Gasteiger partial charge < -0.3 is 9.47 Å². The Hall–Kier alpha value is -2.95. The Morgan fingerprint density at radius 2 is 1.65 bits per heavy atom. The molecule has 1 aromatic heterocycles. The van der Waals surface area contributed by atoms with Gasteiger partial charge in [0.15, 0.2) is 0 Å². The Bertz CT molecular complexity index is 963. The van der Waals surface area contributed by atoms with E-state index in [1.165, 1.54) is 34.8 Å². The zero-order valence-corrected chi connectivity index (χ0v) is 12.8. The molecule has 0 aliphatic heterocycles. The minimum absolute atomic E-state index is 0.175. The smallest absolute Gasteiger partial charge is 0.260 e. The van der Waals surface area contributed by atoms with E-state index in [0.29, 0.717) is 16.3 Å². The highest BCUT2D eigenvalue weighted by molar-refractivity contribution is 6.13. The first-order valence-corrected chi connectivity index (χ1v) is 7.11. The van der Waals surface area contributed by atoms with Gasteiger partial charge in [-0.3, -0.25) is 9.59 Å². The maximum absolute atomic E-state index is 13.9. The van der Waals surface area contributed by atoms with Crippen LogP contribution in [0.3, 0.4) is 0 Å². The van der Waals surface area contributed by atoms with E-state index < -0.39 is 5.82 Å². The third-order valence-electron chi connectivity index (χ3n) is 3.84. The maximum atomic E-state index is 13.9. The van der Waals surface area contributed by atoms with E-state index in [1.54, 1.807) is 43.4 Å². The summed E-state index contributed by atoms with van der Waals surface area (Å²) >= 11 is 0. The number of nitrogens with zero attached hydrogens (tertiary/aromatic N) is 2. The Morgan fingerprint density at radius 3 is 2.35 bits per heavy atom. The highest BCUT2D eigenvalue weighted by Gasteiger charge is 2.20. The van der Waals surface area contributed by atoms with E-state index >= 15 is 0 Å². The van der Waals surface area contributed by atoms with E-state index in [-0.39, 0.29) is 17.2 Å². The molecule has 0 radical (unpaired) electrons. The first-order valence-electron chi connectivity index (χ1n) is 7.11. The molecule has 0 aliphatic carbocycles. The highest BCUT2D eigenvalue weighted by Crippen LogP contribution is 2.22. The summed E-state index contributed by atoms with van der Waals surface area (Å²) in [5.74, 6) is -0.848. The molecule has 0 fully saturated rings. The molecule has 1 heterocycles. The number of benzene rings is 2. The monoisotopic (exact) mass is 310 g/mol. The van der Waals surface area contributed by atoms with Gasteiger partial charge in [0.25, 0.3) is 11.5 Å². The van der Waals surface area contributed by atoms with Gasteiger partial charge in [0, 0.05) is 31.1 Å². The van der Waals surface area contributed by atoms with Crippen molar-refractivity contribution in [2.45, 2.75) is 0 Å². The zero-order valence-electron chi connectivity index (χ0n) is 12.8. The summed E-state index contributed by atoms with van der Waals surface area (Å²) in [6, 6.07) is 13.0. The van der Waals surface area contributed by atoms with Crippen molar-refractivity contribution in [3.63, 3.8) is 0 Å². The predicted molar refractivity (Wildman–Crippen MR) is 88.3 cm³/mol. The Morgan fingerprint density at radius 1 is 1.04 bits per heavy atom. The fourth-order valence-corrected chi connectivity index (χ4v) is 2.60. The Labute approximate surface area is 132 Å². The second kappa shape index (κ2) is 5.68. The van der Waals surface area contributed by atoms with Crippen LogP contribution in [0.25, 0.3) is 10.8 Å². The number of pyridine rings is 1. The number of carbonyl (C=O) groups excluding carboxylic acids is 1. The lowest BCUT2D eigenvalue weighted by Gasteiger charge is -2.19. The van der Waals surface area contributed by atoms with Gasteiger partial charge in [-0.2, -0.15) is 0 Å². The first-order chi connectivity index (χ1) is 11.0.